The summed E-state index contributed by atoms with van der Waals surface area (Å²) in [5.74, 6) is -1.17. The molecule has 1 aliphatic carbocycles. The molecule has 0 spiro atoms. The summed E-state index contributed by atoms with van der Waals surface area (Å²) in [6.45, 7) is 11.5. The SMILES string of the molecule is C=C1C(=O)O[C@H]2C[C@]3(C)O[C@@H]3CCC(C)=C[C@H](OC(=O)C(C)=CC)[C@H]12. The minimum atomic E-state index is -0.565. The zero-order valence-electron chi connectivity index (χ0n) is 15.3. The van der Waals surface area contributed by atoms with Crippen LogP contribution in [0.25, 0.3) is 0 Å². The molecule has 2 saturated heterocycles. The second-order valence-corrected chi connectivity index (χ2v) is 7.51. The minimum Gasteiger partial charge on any atom is -0.458 e. The Morgan fingerprint density at radius 1 is 1.48 bits per heavy atom. The third-order valence-electron chi connectivity index (χ3n) is 5.57. The molecule has 3 aliphatic rings. The van der Waals surface area contributed by atoms with Gasteiger partial charge >= 0.3 is 11.9 Å². The van der Waals surface area contributed by atoms with Gasteiger partial charge < -0.3 is 14.2 Å². The first-order valence-electron chi connectivity index (χ1n) is 8.84. The number of carbonyl (C=O) groups excluding carboxylic acids is 2. The van der Waals surface area contributed by atoms with Crippen molar-refractivity contribution in [2.45, 2.75) is 70.9 Å². The van der Waals surface area contributed by atoms with Crippen LogP contribution in [0.1, 0.15) is 47.0 Å². The Morgan fingerprint density at radius 3 is 2.88 bits per heavy atom. The van der Waals surface area contributed by atoms with Crippen LogP contribution in [0.3, 0.4) is 0 Å². The van der Waals surface area contributed by atoms with Crippen LogP contribution in [0.4, 0.5) is 0 Å². The van der Waals surface area contributed by atoms with E-state index in [0.717, 1.165) is 18.4 Å². The van der Waals surface area contributed by atoms with Crippen LogP contribution in [0, 0.1) is 5.92 Å². The molecule has 3 rings (SSSR count). The first kappa shape index (κ1) is 17.9. The molecule has 5 heteroatoms. The van der Waals surface area contributed by atoms with Crippen molar-refractivity contribution < 1.29 is 23.8 Å². The molecule has 136 valence electrons. The molecule has 0 aromatic heterocycles. The van der Waals surface area contributed by atoms with Crippen molar-refractivity contribution >= 4 is 11.9 Å². The number of ether oxygens (including phenoxy) is 3. The summed E-state index contributed by atoms with van der Waals surface area (Å²) >= 11 is 0. The number of allylic oxidation sites excluding steroid dienone is 2. The molecule has 0 saturated carbocycles. The monoisotopic (exact) mass is 346 g/mol. The smallest absolute Gasteiger partial charge is 0.334 e. The summed E-state index contributed by atoms with van der Waals surface area (Å²) in [6, 6.07) is 0. The zero-order valence-corrected chi connectivity index (χ0v) is 15.3. The fourth-order valence-electron chi connectivity index (χ4n) is 3.73. The third-order valence-corrected chi connectivity index (χ3v) is 5.57. The molecular formula is C20H26O5. The fraction of sp³-hybridized carbons (Fsp3) is 0.600. The summed E-state index contributed by atoms with van der Waals surface area (Å²) < 4.78 is 17.2. The van der Waals surface area contributed by atoms with E-state index in [9.17, 15) is 9.59 Å². The molecule has 5 atom stereocenters. The van der Waals surface area contributed by atoms with Gasteiger partial charge in [0.15, 0.2) is 0 Å². The molecular weight excluding hydrogens is 320 g/mol. The van der Waals surface area contributed by atoms with Gasteiger partial charge in [-0.1, -0.05) is 18.2 Å². The molecule has 0 aromatic rings. The summed E-state index contributed by atoms with van der Waals surface area (Å²) in [5, 5.41) is 0. The molecule has 0 aromatic carbocycles. The van der Waals surface area contributed by atoms with Crippen molar-refractivity contribution in [2.75, 3.05) is 0 Å². The van der Waals surface area contributed by atoms with Gasteiger partial charge in [0.25, 0.3) is 0 Å². The molecule has 2 aliphatic heterocycles. The number of rotatable bonds is 2. The van der Waals surface area contributed by atoms with Gasteiger partial charge in [-0.2, -0.15) is 0 Å². The number of hydrogen-bond acceptors (Lipinski definition) is 5. The van der Waals surface area contributed by atoms with Crippen LogP contribution >= 0.6 is 0 Å². The predicted molar refractivity (Wildman–Crippen MR) is 92.7 cm³/mol. The molecule has 2 fully saturated rings. The summed E-state index contributed by atoms with van der Waals surface area (Å²) in [7, 11) is 0. The van der Waals surface area contributed by atoms with Crippen molar-refractivity contribution in [3.8, 4) is 0 Å². The lowest BCUT2D eigenvalue weighted by atomic mass is 9.83. The highest BCUT2D eigenvalue weighted by Gasteiger charge is 2.57. The van der Waals surface area contributed by atoms with Crippen molar-refractivity contribution in [1.82, 2.24) is 0 Å². The Bertz CT molecular complexity index is 674. The van der Waals surface area contributed by atoms with Gasteiger partial charge in [0.1, 0.15) is 12.2 Å². The Morgan fingerprint density at radius 2 is 2.20 bits per heavy atom. The zero-order chi connectivity index (χ0) is 18.4. The molecule has 2 heterocycles. The van der Waals surface area contributed by atoms with Gasteiger partial charge in [-0.05, 0) is 46.6 Å². The Hall–Kier alpha value is -1.88. The maximum absolute atomic E-state index is 12.3. The first-order chi connectivity index (χ1) is 11.7. The van der Waals surface area contributed by atoms with E-state index in [-0.39, 0.29) is 29.7 Å². The van der Waals surface area contributed by atoms with Gasteiger partial charge in [0, 0.05) is 17.6 Å². The Kier molecular flexibility index (Phi) is 4.62. The van der Waals surface area contributed by atoms with Gasteiger partial charge in [-0.3, -0.25) is 0 Å². The lowest BCUT2D eigenvalue weighted by molar-refractivity contribution is -0.145. The van der Waals surface area contributed by atoms with E-state index in [1.807, 2.05) is 13.0 Å². The van der Waals surface area contributed by atoms with Crippen LogP contribution < -0.4 is 0 Å². The summed E-state index contributed by atoms with van der Waals surface area (Å²) in [5.41, 5.74) is 1.74. The summed E-state index contributed by atoms with van der Waals surface area (Å²) in [4.78, 5) is 24.4. The van der Waals surface area contributed by atoms with Gasteiger partial charge in [-0.25, -0.2) is 9.59 Å². The van der Waals surface area contributed by atoms with Gasteiger partial charge in [-0.15, -0.1) is 0 Å². The van der Waals surface area contributed by atoms with Crippen LogP contribution in [0.5, 0.6) is 0 Å². The fourth-order valence-corrected chi connectivity index (χ4v) is 3.73. The predicted octanol–water partition coefficient (Wildman–Crippen LogP) is 3.25. The average Bonchev–Trinajstić information content (AvgIpc) is 3.11. The number of epoxide rings is 1. The van der Waals surface area contributed by atoms with Crippen molar-refractivity contribution in [3.05, 3.63) is 35.5 Å². The second kappa shape index (κ2) is 6.45. The van der Waals surface area contributed by atoms with Crippen LogP contribution in [0.2, 0.25) is 0 Å². The molecule has 25 heavy (non-hydrogen) atoms. The molecule has 0 amide bonds. The van der Waals surface area contributed by atoms with Crippen LogP contribution in [0.15, 0.2) is 35.5 Å². The first-order valence-corrected chi connectivity index (χ1v) is 8.84. The number of hydrogen-bond donors (Lipinski definition) is 0. The Balaban J connectivity index is 1.94. The number of esters is 2. The molecule has 0 unspecified atom stereocenters. The van der Waals surface area contributed by atoms with E-state index in [0.29, 0.717) is 17.6 Å². The molecule has 0 bridgehead atoms. The van der Waals surface area contributed by atoms with E-state index in [1.54, 1.807) is 19.9 Å². The van der Waals surface area contributed by atoms with E-state index in [4.69, 9.17) is 14.2 Å². The number of fused-ring (bicyclic) bond motifs is 2. The van der Waals surface area contributed by atoms with Crippen molar-refractivity contribution in [3.63, 3.8) is 0 Å². The summed E-state index contributed by atoms with van der Waals surface area (Å²) in [6.07, 6.45) is 5.27. The van der Waals surface area contributed by atoms with E-state index in [2.05, 4.69) is 13.5 Å². The maximum atomic E-state index is 12.3. The quantitative estimate of drug-likeness (QED) is 0.332. The normalized spacial score (nSPS) is 38.2. The largest absolute Gasteiger partial charge is 0.458 e. The van der Waals surface area contributed by atoms with E-state index >= 15 is 0 Å². The second-order valence-electron chi connectivity index (χ2n) is 7.51. The van der Waals surface area contributed by atoms with E-state index < -0.39 is 12.1 Å². The molecule has 0 radical (unpaired) electrons. The Labute approximate surface area is 148 Å². The standard InChI is InChI=1S/C20H26O5/c1-6-12(3)18(21)23-14-9-11(2)7-8-16-20(5,25-16)10-15-17(14)13(4)19(22)24-15/h6,9,14-17H,4,7-8,10H2,1-3,5H3/t14-,15-,16+,17-,20-/m0/s1. The lowest BCUT2D eigenvalue weighted by Gasteiger charge is -2.27. The molecule has 0 N–H and O–H groups in total. The van der Waals surface area contributed by atoms with Crippen LogP contribution in [-0.4, -0.2) is 35.9 Å². The van der Waals surface area contributed by atoms with Gasteiger partial charge in [0.2, 0.25) is 0 Å². The highest BCUT2D eigenvalue weighted by Crippen LogP contribution is 2.48. The minimum absolute atomic E-state index is 0.188. The lowest BCUT2D eigenvalue weighted by Crippen LogP contribution is -2.35. The van der Waals surface area contributed by atoms with Crippen molar-refractivity contribution in [1.29, 1.82) is 0 Å². The average molecular weight is 346 g/mol. The van der Waals surface area contributed by atoms with Crippen molar-refractivity contribution in [2.24, 2.45) is 5.92 Å². The topological polar surface area (TPSA) is 65.1 Å². The maximum Gasteiger partial charge on any atom is 0.334 e. The highest BCUT2D eigenvalue weighted by atomic mass is 16.6. The van der Waals surface area contributed by atoms with Gasteiger partial charge in [0.05, 0.1) is 17.6 Å². The van der Waals surface area contributed by atoms with Crippen LogP contribution in [-0.2, 0) is 23.8 Å². The number of carbonyl (C=O) groups is 2. The van der Waals surface area contributed by atoms with E-state index in [1.165, 1.54) is 0 Å². The highest BCUT2D eigenvalue weighted by molar-refractivity contribution is 5.91. The third kappa shape index (κ3) is 3.43. The molecule has 5 nitrogen and oxygen atoms in total.